The van der Waals surface area contributed by atoms with E-state index in [1.54, 1.807) is 32.4 Å². The molecule has 4 rings (SSSR count). The van der Waals surface area contributed by atoms with E-state index in [0.29, 0.717) is 23.0 Å². The Morgan fingerprint density at radius 1 is 1.12 bits per heavy atom. The summed E-state index contributed by atoms with van der Waals surface area (Å²) < 4.78 is 23.5. The van der Waals surface area contributed by atoms with E-state index in [2.05, 4.69) is 5.32 Å². The second-order valence-corrected chi connectivity index (χ2v) is 7.73. The van der Waals surface area contributed by atoms with E-state index in [1.165, 1.54) is 0 Å². The van der Waals surface area contributed by atoms with Crippen molar-refractivity contribution in [2.75, 3.05) is 21.0 Å². The van der Waals surface area contributed by atoms with E-state index in [0.717, 1.165) is 28.2 Å². The lowest BCUT2D eigenvalue weighted by atomic mass is 10.1. The summed E-state index contributed by atoms with van der Waals surface area (Å²) in [6.07, 6.45) is 1.60. The molecule has 8 nitrogen and oxygen atoms in total. The standard InChI is InChI=1S/C26H25N3O5/c1-16-9-19(17(2)29(16)21-6-8-23-25(11-21)34-15-33-23)10-20(13-27)26(30)28-14-18-5-7-22(31-3)12-24(18)32-4/h5-12H,14-15H2,1-4H3,(H,28,30)/b20-10+. The number of nitriles is 1. The van der Waals surface area contributed by atoms with E-state index >= 15 is 0 Å². The molecule has 0 aliphatic carbocycles. The quantitative estimate of drug-likeness (QED) is 0.423. The Morgan fingerprint density at radius 2 is 1.91 bits per heavy atom. The molecule has 1 aliphatic heterocycles. The second-order valence-electron chi connectivity index (χ2n) is 7.73. The zero-order valence-corrected chi connectivity index (χ0v) is 19.5. The van der Waals surface area contributed by atoms with Crippen molar-refractivity contribution in [1.29, 1.82) is 5.26 Å². The Labute approximate surface area is 197 Å². The molecule has 0 saturated carbocycles. The molecule has 0 unspecified atom stereocenters. The fourth-order valence-corrected chi connectivity index (χ4v) is 3.93. The Hall–Kier alpha value is -4.38. The highest BCUT2D eigenvalue weighted by molar-refractivity contribution is 6.01. The van der Waals surface area contributed by atoms with Crippen LogP contribution in [0.4, 0.5) is 0 Å². The van der Waals surface area contributed by atoms with E-state index in [9.17, 15) is 10.1 Å². The first kappa shape index (κ1) is 22.8. The fourth-order valence-electron chi connectivity index (χ4n) is 3.93. The number of methoxy groups -OCH3 is 2. The summed E-state index contributed by atoms with van der Waals surface area (Å²) in [5.74, 6) is 2.18. The summed E-state index contributed by atoms with van der Waals surface area (Å²) in [6, 6.07) is 15.0. The van der Waals surface area contributed by atoms with Gasteiger partial charge in [0.15, 0.2) is 11.5 Å². The summed E-state index contributed by atoms with van der Waals surface area (Å²) in [7, 11) is 3.13. The molecule has 0 fully saturated rings. The highest BCUT2D eigenvalue weighted by atomic mass is 16.7. The summed E-state index contributed by atoms with van der Waals surface area (Å²) >= 11 is 0. The van der Waals surface area contributed by atoms with E-state index < -0.39 is 5.91 Å². The predicted molar refractivity (Wildman–Crippen MR) is 126 cm³/mol. The van der Waals surface area contributed by atoms with Crippen LogP contribution in [0.1, 0.15) is 22.5 Å². The molecular weight excluding hydrogens is 434 g/mol. The molecule has 174 valence electrons. The molecule has 1 aliphatic rings. The van der Waals surface area contributed by atoms with Crippen LogP contribution in [0.2, 0.25) is 0 Å². The molecule has 0 radical (unpaired) electrons. The Morgan fingerprint density at radius 3 is 2.65 bits per heavy atom. The molecule has 0 atom stereocenters. The zero-order chi connectivity index (χ0) is 24.2. The zero-order valence-electron chi connectivity index (χ0n) is 19.5. The lowest BCUT2D eigenvalue weighted by molar-refractivity contribution is -0.117. The molecule has 2 heterocycles. The van der Waals surface area contributed by atoms with E-state index in [4.69, 9.17) is 18.9 Å². The third-order valence-electron chi connectivity index (χ3n) is 5.68. The van der Waals surface area contributed by atoms with Crippen molar-refractivity contribution < 1.29 is 23.7 Å². The van der Waals surface area contributed by atoms with Gasteiger partial charge in [0.1, 0.15) is 23.1 Å². The van der Waals surface area contributed by atoms with Crippen LogP contribution in [0.3, 0.4) is 0 Å². The van der Waals surface area contributed by atoms with Gasteiger partial charge in [-0.1, -0.05) is 0 Å². The van der Waals surface area contributed by atoms with Crippen molar-refractivity contribution in [3.8, 4) is 34.8 Å². The SMILES string of the molecule is COc1ccc(CNC(=O)/C(C#N)=C/c2cc(C)n(-c3ccc4c(c3)OCO4)c2C)c(OC)c1. The minimum Gasteiger partial charge on any atom is -0.497 e. The van der Waals surface area contributed by atoms with Crippen LogP contribution in [0.15, 0.2) is 48.0 Å². The van der Waals surface area contributed by atoms with Crippen molar-refractivity contribution in [3.63, 3.8) is 0 Å². The van der Waals surface area contributed by atoms with Gasteiger partial charge in [0, 0.05) is 41.3 Å². The third kappa shape index (κ3) is 4.41. The normalized spacial score (nSPS) is 12.3. The molecule has 1 aromatic heterocycles. The van der Waals surface area contributed by atoms with Crippen molar-refractivity contribution >= 4 is 12.0 Å². The maximum atomic E-state index is 12.8. The molecule has 34 heavy (non-hydrogen) atoms. The van der Waals surface area contributed by atoms with Crippen molar-refractivity contribution in [3.05, 3.63) is 70.6 Å². The third-order valence-corrected chi connectivity index (χ3v) is 5.68. The van der Waals surface area contributed by atoms with Crippen LogP contribution in [-0.2, 0) is 11.3 Å². The lowest BCUT2D eigenvalue weighted by Crippen LogP contribution is -2.24. The maximum Gasteiger partial charge on any atom is 0.262 e. The van der Waals surface area contributed by atoms with E-state index in [-0.39, 0.29) is 18.9 Å². The highest BCUT2D eigenvalue weighted by Gasteiger charge is 2.18. The largest absolute Gasteiger partial charge is 0.497 e. The number of aromatic nitrogens is 1. The van der Waals surface area contributed by atoms with Crippen LogP contribution < -0.4 is 24.3 Å². The number of benzene rings is 2. The van der Waals surface area contributed by atoms with Crippen molar-refractivity contribution in [2.24, 2.45) is 0 Å². The molecular formula is C26H25N3O5. The molecule has 0 saturated heterocycles. The van der Waals surface area contributed by atoms with Gasteiger partial charge in [-0.25, -0.2) is 0 Å². The molecule has 0 spiro atoms. The number of nitrogens with one attached hydrogen (secondary N) is 1. The number of rotatable bonds is 7. The first-order valence-electron chi connectivity index (χ1n) is 10.6. The predicted octanol–water partition coefficient (Wildman–Crippen LogP) is 4.06. The Kier molecular flexibility index (Phi) is 6.46. The lowest BCUT2D eigenvalue weighted by Gasteiger charge is -2.11. The fraction of sp³-hybridized carbons (Fsp3) is 0.231. The Balaban J connectivity index is 1.55. The summed E-state index contributed by atoms with van der Waals surface area (Å²) in [5, 5.41) is 12.5. The maximum absolute atomic E-state index is 12.8. The number of fused-ring (bicyclic) bond motifs is 1. The van der Waals surface area contributed by atoms with Crippen LogP contribution in [0.25, 0.3) is 11.8 Å². The summed E-state index contributed by atoms with van der Waals surface area (Å²) in [4.78, 5) is 12.8. The molecule has 2 aromatic carbocycles. The summed E-state index contributed by atoms with van der Waals surface area (Å²) in [6.45, 7) is 4.33. The number of ether oxygens (including phenoxy) is 4. The van der Waals surface area contributed by atoms with Crippen molar-refractivity contribution in [2.45, 2.75) is 20.4 Å². The second kappa shape index (κ2) is 9.63. The van der Waals surface area contributed by atoms with Crippen LogP contribution in [-0.4, -0.2) is 31.5 Å². The first-order valence-corrected chi connectivity index (χ1v) is 10.6. The molecule has 1 N–H and O–H groups in total. The van der Waals surface area contributed by atoms with Crippen molar-refractivity contribution in [1.82, 2.24) is 9.88 Å². The van der Waals surface area contributed by atoms with Gasteiger partial charge >= 0.3 is 0 Å². The highest BCUT2D eigenvalue weighted by Crippen LogP contribution is 2.35. The smallest absolute Gasteiger partial charge is 0.262 e. The minimum absolute atomic E-state index is 0.0124. The van der Waals surface area contributed by atoms with Gasteiger partial charge in [0.2, 0.25) is 6.79 Å². The van der Waals surface area contributed by atoms with Crippen LogP contribution >= 0.6 is 0 Å². The average Bonchev–Trinajstić information content (AvgIpc) is 3.43. The van der Waals surface area contributed by atoms with Gasteiger partial charge in [0.25, 0.3) is 5.91 Å². The number of nitrogens with zero attached hydrogens (tertiary/aromatic N) is 2. The molecule has 8 heteroatoms. The van der Waals surface area contributed by atoms with Gasteiger partial charge in [-0.3, -0.25) is 4.79 Å². The van der Waals surface area contributed by atoms with Gasteiger partial charge in [0.05, 0.1) is 14.2 Å². The molecule has 0 bridgehead atoms. The molecule has 1 amide bonds. The summed E-state index contributed by atoms with van der Waals surface area (Å²) in [5.41, 5.74) is 4.34. The first-order chi connectivity index (χ1) is 16.4. The number of carbonyl (C=O) groups is 1. The monoisotopic (exact) mass is 459 g/mol. The Bertz CT molecular complexity index is 1320. The molecule has 3 aromatic rings. The van der Waals surface area contributed by atoms with Gasteiger partial charge in [-0.15, -0.1) is 0 Å². The van der Waals surface area contributed by atoms with Crippen LogP contribution in [0.5, 0.6) is 23.0 Å². The minimum atomic E-state index is -0.465. The number of carbonyl (C=O) groups excluding carboxylic acids is 1. The van der Waals surface area contributed by atoms with Gasteiger partial charge in [-0.05, 0) is 55.8 Å². The number of hydrogen-bond donors (Lipinski definition) is 1. The number of hydrogen-bond acceptors (Lipinski definition) is 6. The van der Waals surface area contributed by atoms with Gasteiger partial charge < -0.3 is 28.8 Å². The number of amides is 1. The van der Waals surface area contributed by atoms with Gasteiger partial charge in [-0.2, -0.15) is 5.26 Å². The van der Waals surface area contributed by atoms with Crippen LogP contribution in [0, 0.1) is 25.2 Å². The van der Waals surface area contributed by atoms with E-state index in [1.807, 2.05) is 54.8 Å². The number of aryl methyl sites for hydroxylation is 1. The topological polar surface area (TPSA) is 94.7 Å². The average molecular weight is 460 g/mol.